The Hall–Kier alpha value is -1.97. The van der Waals surface area contributed by atoms with Gasteiger partial charge in [-0.3, -0.25) is 10.3 Å². The van der Waals surface area contributed by atoms with Crippen LogP contribution in [0.15, 0.2) is 34.9 Å². The number of nitriles is 1. The minimum atomic E-state index is -3.56. The first-order valence-corrected chi connectivity index (χ1v) is 6.90. The van der Waals surface area contributed by atoms with Crippen LogP contribution in [-0.4, -0.2) is 10.3 Å². The van der Waals surface area contributed by atoms with Crippen molar-refractivity contribution in [2.45, 2.75) is 12.5 Å². The lowest BCUT2D eigenvalue weighted by Crippen LogP contribution is -2.18. The Balaban J connectivity index is 2.41. The highest BCUT2D eigenvalue weighted by Gasteiger charge is 2.34. The van der Waals surface area contributed by atoms with Crippen LogP contribution in [-0.2, 0) is 12.5 Å². The van der Waals surface area contributed by atoms with Crippen molar-refractivity contribution in [1.82, 2.24) is 5.06 Å². The van der Waals surface area contributed by atoms with E-state index in [2.05, 4.69) is 15.9 Å². The van der Waals surface area contributed by atoms with E-state index in [1.54, 1.807) is 24.3 Å². The Morgan fingerprint density at radius 2 is 2.05 bits per heavy atom. The molecule has 0 bridgehead atoms. The standard InChI is InChI=1S/C15H9BrF2N2O/c16-10-1-2-11-12(6-10)13-7-20(21)4-3-9(13)5-14(11)15(17,18)8-19/h1-6,21H,7H2. The van der Waals surface area contributed by atoms with Crippen LogP contribution < -0.4 is 0 Å². The summed E-state index contributed by atoms with van der Waals surface area (Å²) in [6, 6.07) is 7.30. The van der Waals surface area contributed by atoms with Gasteiger partial charge < -0.3 is 0 Å². The summed E-state index contributed by atoms with van der Waals surface area (Å²) in [5, 5.41) is 20.2. The van der Waals surface area contributed by atoms with Crippen LogP contribution in [0.3, 0.4) is 0 Å². The number of rotatable bonds is 1. The van der Waals surface area contributed by atoms with Crippen molar-refractivity contribution in [2.24, 2.45) is 0 Å². The Kier molecular flexibility index (Phi) is 3.19. The van der Waals surface area contributed by atoms with E-state index in [0.717, 1.165) is 21.2 Å². The zero-order chi connectivity index (χ0) is 15.2. The number of hydrogen-bond acceptors (Lipinski definition) is 3. The quantitative estimate of drug-likeness (QED) is 0.829. The van der Waals surface area contributed by atoms with Gasteiger partial charge in [0, 0.05) is 16.2 Å². The summed E-state index contributed by atoms with van der Waals surface area (Å²) in [6.45, 7) is 0.206. The molecule has 0 saturated carbocycles. The predicted octanol–water partition coefficient (Wildman–Crippen LogP) is 4.39. The number of hydrogen-bond donors (Lipinski definition) is 1. The van der Waals surface area contributed by atoms with Crippen LogP contribution in [0.25, 0.3) is 16.8 Å². The smallest absolute Gasteiger partial charge is 0.289 e. The lowest BCUT2D eigenvalue weighted by Gasteiger charge is -2.23. The van der Waals surface area contributed by atoms with Gasteiger partial charge in [0.05, 0.1) is 6.54 Å². The molecule has 1 aliphatic heterocycles. The van der Waals surface area contributed by atoms with E-state index >= 15 is 0 Å². The molecule has 2 aromatic carbocycles. The molecule has 0 aliphatic carbocycles. The summed E-state index contributed by atoms with van der Waals surface area (Å²) in [7, 11) is 0. The molecule has 0 aromatic heterocycles. The lowest BCUT2D eigenvalue weighted by atomic mass is 9.91. The molecule has 0 spiro atoms. The lowest BCUT2D eigenvalue weighted by molar-refractivity contribution is -0.0491. The molecule has 6 heteroatoms. The summed E-state index contributed by atoms with van der Waals surface area (Å²) in [4.78, 5) is 0. The fourth-order valence-corrected chi connectivity index (χ4v) is 2.86. The Morgan fingerprint density at radius 1 is 1.29 bits per heavy atom. The summed E-state index contributed by atoms with van der Waals surface area (Å²) < 4.78 is 28.6. The molecule has 1 aliphatic rings. The van der Waals surface area contributed by atoms with Crippen molar-refractivity contribution in [1.29, 1.82) is 5.26 Å². The van der Waals surface area contributed by atoms with Crippen molar-refractivity contribution < 1.29 is 14.0 Å². The number of nitrogens with zero attached hydrogens (tertiary/aromatic N) is 2. The van der Waals surface area contributed by atoms with Gasteiger partial charge in [0.15, 0.2) is 0 Å². The molecule has 106 valence electrons. The first-order valence-electron chi connectivity index (χ1n) is 6.11. The summed E-state index contributed by atoms with van der Waals surface area (Å²) >= 11 is 3.32. The first kappa shape index (κ1) is 14.0. The maximum Gasteiger partial charge on any atom is 0.358 e. The molecule has 21 heavy (non-hydrogen) atoms. The maximum atomic E-state index is 13.9. The third-order valence-corrected chi connectivity index (χ3v) is 3.96. The molecule has 2 aromatic rings. The van der Waals surface area contributed by atoms with E-state index in [-0.39, 0.29) is 12.1 Å². The summed E-state index contributed by atoms with van der Waals surface area (Å²) in [5.74, 6) is -3.56. The number of fused-ring (bicyclic) bond motifs is 3. The third kappa shape index (κ3) is 2.28. The molecule has 0 atom stereocenters. The van der Waals surface area contributed by atoms with Gasteiger partial charge in [-0.25, -0.2) is 0 Å². The Morgan fingerprint density at radius 3 is 2.76 bits per heavy atom. The maximum absolute atomic E-state index is 13.9. The zero-order valence-corrected chi connectivity index (χ0v) is 12.2. The van der Waals surface area contributed by atoms with Crippen LogP contribution in [0.2, 0.25) is 0 Å². The van der Waals surface area contributed by atoms with E-state index in [4.69, 9.17) is 5.26 Å². The van der Waals surface area contributed by atoms with Crippen LogP contribution in [0.4, 0.5) is 8.78 Å². The minimum absolute atomic E-state index is 0.206. The molecule has 0 amide bonds. The number of halogens is 3. The predicted molar refractivity (Wildman–Crippen MR) is 77.5 cm³/mol. The Labute approximate surface area is 127 Å². The van der Waals surface area contributed by atoms with Crippen LogP contribution in [0.1, 0.15) is 16.7 Å². The molecular weight excluding hydrogens is 342 g/mol. The molecule has 1 heterocycles. The van der Waals surface area contributed by atoms with Gasteiger partial charge in [-0.1, -0.05) is 22.0 Å². The average Bonchev–Trinajstić information content (AvgIpc) is 2.46. The topological polar surface area (TPSA) is 47.3 Å². The highest BCUT2D eigenvalue weighted by molar-refractivity contribution is 9.10. The van der Waals surface area contributed by atoms with E-state index in [1.807, 2.05) is 0 Å². The second-order valence-electron chi connectivity index (χ2n) is 4.78. The molecule has 0 saturated heterocycles. The minimum Gasteiger partial charge on any atom is -0.289 e. The van der Waals surface area contributed by atoms with Gasteiger partial charge in [0.25, 0.3) is 0 Å². The number of alkyl halides is 2. The van der Waals surface area contributed by atoms with Crippen LogP contribution >= 0.6 is 15.9 Å². The van der Waals surface area contributed by atoms with E-state index in [1.165, 1.54) is 12.3 Å². The molecular formula is C15H9BrF2N2O. The fraction of sp³-hybridized carbons (Fsp3) is 0.133. The van der Waals surface area contributed by atoms with Crippen molar-refractivity contribution >= 4 is 32.8 Å². The third-order valence-electron chi connectivity index (χ3n) is 3.47. The van der Waals surface area contributed by atoms with Gasteiger partial charge in [0.1, 0.15) is 6.07 Å². The average molecular weight is 351 g/mol. The van der Waals surface area contributed by atoms with E-state index in [0.29, 0.717) is 16.3 Å². The van der Waals surface area contributed by atoms with Crippen molar-refractivity contribution in [3.63, 3.8) is 0 Å². The molecule has 3 nitrogen and oxygen atoms in total. The summed E-state index contributed by atoms with van der Waals surface area (Å²) in [6.07, 6.45) is 2.95. The van der Waals surface area contributed by atoms with Crippen LogP contribution in [0.5, 0.6) is 0 Å². The monoisotopic (exact) mass is 350 g/mol. The van der Waals surface area contributed by atoms with Gasteiger partial charge in [0.2, 0.25) is 0 Å². The van der Waals surface area contributed by atoms with Gasteiger partial charge >= 0.3 is 5.92 Å². The number of benzene rings is 2. The first-order chi connectivity index (χ1) is 9.92. The SMILES string of the molecule is N#CC(F)(F)c1cc2c(c3cc(Br)ccc13)CN(O)C=C2. The van der Waals surface area contributed by atoms with Crippen LogP contribution in [0, 0.1) is 11.3 Å². The molecule has 3 rings (SSSR count). The van der Waals surface area contributed by atoms with Crippen molar-refractivity contribution in [3.05, 3.63) is 51.6 Å². The van der Waals surface area contributed by atoms with Gasteiger partial charge in [-0.05, 0) is 46.2 Å². The second kappa shape index (κ2) is 4.79. The van der Waals surface area contributed by atoms with E-state index in [9.17, 15) is 14.0 Å². The highest BCUT2D eigenvalue weighted by atomic mass is 79.9. The number of hydroxylamine groups is 2. The molecule has 0 fully saturated rings. The second-order valence-corrected chi connectivity index (χ2v) is 5.70. The molecule has 0 radical (unpaired) electrons. The van der Waals surface area contributed by atoms with Crippen molar-refractivity contribution in [2.75, 3.05) is 0 Å². The summed E-state index contributed by atoms with van der Waals surface area (Å²) in [5.41, 5.74) is 1.01. The van der Waals surface area contributed by atoms with Crippen molar-refractivity contribution in [3.8, 4) is 6.07 Å². The fourth-order valence-electron chi connectivity index (χ4n) is 2.50. The zero-order valence-electron chi connectivity index (χ0n) is 10.6. The molecule has 1 N–H and O–H groups in total. The van der Waals surface area contributed by atoms with Gasteiger partial charge in [-0.2, -0.15) is 14.0 Å². The highest BCUT2D eigenvalue weighted by Crippen LogP contribution is 2.39. The molecule has 0 unspecified atom stereocenters. The Bertz CT molecular complexity index is 811. The normalized spacial score (nSPS) is 14.1. The largest absolute Gasteiger partial charge is 0.358 e. The van der Waals surface area contributed by atoms with Gasteiger partial charge in [-0.15, -0.1) is 0 Å². The van der Waals surface area contributed by atoms with E-state index < -0.39 is 5.92 Å².